The first-order valence-corrected chi connectivity index (χ1v) is 6.94. The molecule has 1 aromatic carbocycles. The van der Waals surface area contributed by atoms with Gasteiger partial charge in [0.15, 0.2) is 0 Å². The molecule has 0 aliphatic rings. The molecule has 4 nitrogen and oxygen atoms in total. The van der Waals surface area contributed by atoms with E-state index in [9.17, 15) is 4.79 Å². The number of rotatable bonds is 6. The molecule has 1 aromatic rings. The Bertz CT molecular complexity index is 415. The SMILES string of the molecule is COc1ccc(Cl)cc1NC(=O)CSC(C)CN. The van der Waals surface area contributed by atoms with E-state index in [0.717, 1.165) is 0 Å². The highest BCUT2D eigenvalue weighted by molar-refractivity contribution is 8.00. The van der Waals surface area contributed by atoms with Crippen LogP contribution in [-0.4, -0.2) is 30.6 Å². The third kappa shape index (κ3) is 4.76. The first kappa shape index (κ1) is 15.1. The lowest BCUT2D eigenvalue weighted by Gasteiger charge is -2.11. The molecule has 0 fully saturated rings. The largest absolute Gasteiger partial charge is 0.495 e. The molecule has 0 saturated carbocycles. The number of carbonyl (C=O) groups excluding carboxylic acids is 1. The number of thioether (sulfide) groups is 1. The summed E-state index contributed by atoms with van der Waals surface area (Å²) in [6.07, 6.45) is 0. The van der Waals surface area contributed by atoms with Crippen LogP contribution in [0.15, 0.2) is 18.2 Å². The van der Waals surface area contributed by atoms with E-state index in [1.54, 1.807) is 25.3 Å². The summed E-state index contributed by atoms with van der Waals surface area (Å²) in [5, 5.41) is 3.58. The number of hydrogen-bond donors (Lipinski definition) is 2. The molecule has 1 unspecified atom stereocenters. The smallest absolute Gasteiger partial charge is 0.234 e. The van der Waals surface area contributed by atoms with Crippen molar-refractivity contribution < 1.29 is 9.53 Å². The summed E-state index contributed by atoms with van der Waals surface area (Å²) in [5.74, 6) is 0.846. The Balaban J connectivity index is 2.61. The van der Waals surface area contributed by atoms with Gasteiger partial charge in [0.25, 0.3) is 0 Å². The van der Waals surface area contributed by atoms with E-state index in [2.05, 4.69) is 5.32 Å². The zero-order valence-electron chi connectivity index (χ0n) is 10.4. The first-order chi connectivity index (χ1) is 8.56. The minimum absolute atomic E-state index is 0.0964. The van der Waals surface area contributed by atoms with E-state index in [4.69, 9.17) is 22.1 Å². The number of halogens is 1. The third-order valence-corrected chi connectivity index (χ3v) is 3.69. The number of benzene rings is 1. The van der Waals surface area contributed by atoms with Gasteiger partial charge in [-0.1, -0.05) is 18.5 Å². The van der Waals surface area contributed by atoms with Gasteiger partial charge in [0.1, 0.15) is 5.75 Å². The summed E-state index contributed by atoms with van der Waals surface area (Å²) < 4.78 is 5.15. The van der Waals surface area contributed by atoms with Crippen molar-refractivity contribution in [3.8, 4) is 5.75 Å². The standard InChI is InChI=1S/C12H17ClN2O2S/c1-8(6-14)18-7-12(16)15-10-5-9(13)3-4-11(10)17-2/h3-5,8H,6-7,14H2,1-2H3,(H,15,16). The van der Waals surface area contributed by atoms with Crippen LogP contribution in [0.3, 0.4) is 0 Å². The number of amides is 1. The van der Waals surface area contributed by atoms with Crippen LogP contribution in [0.4, 0.5) is 5.69 Å². The first-order valence-electron chi connectivity index (χ1n) is 5.52. The lowest BCUT2D eigenvalue weighted by molar-refractivity contribution is -0.113. The van der Waals surface area contributed by atoms with Gasteiger partial charge in [0, 0.05) is 16.8 Å². The van der Waals surface area contributed by atoms with Gasteiger partial charge in [0.2, 0.25) is 5.91 Å². The minimum Gasteiger partial charge on any atom is -0.495 e. The molecule has 18 heavy (non-hydrogen) atoms. The summed E-state index contributed by atoms with van der Waals surface area (Å²) in [4.78, 5) is 11.7. The molecule has 1 atom stereocenters. The van der Waals surface area contributed by atoms with Gasteiger partial charge in [-0.25, -0.2) is 0 Å². The molecule has 0 spiro atoms. The number of ether oxygens (including phenoxy) is 1. The maximum absolute atomic E-state index is 11.7. The Labute approximate surface area is 116 Å². The number of anilines is 1. The molecule has 3 N–H and O–H groups in total. The van der Waals surface area contributed by atoms with Crippen LogP contribution < -0.4 is 15.8 Å². The van der Waals surface area contributed by atoms with E-state index in [0.29, 0.717) is 28.8 Å². The van der Waals surface area contributed by atoms with E-state index < -0.39 is 0 Å². The van der Waals surface area contributed by atoms with E-state index in [1.807, 2.05) is 6.92 Å². The van der Waals surface area contributed by atoms with Crippen LogP contribution in [0.5, 0.6) is 5.75 Å². The van der Waals surface area contributed by atoms with Crippen LogP contribution in [0.1, 0.15) is 6.92 Å². The summed E-state index contributed by atoms with van der Waals surface area (Å²) in [7, 11) is 1.55. The second-order valence-electron chi connectivity index (χ2n) is 3.75. The van der Waals surface area contributed by atoms with Crippen LogP contribution >= 0.6 is 23.4 Å². The molecule has 1 amide bonds. The highest BCUT2D eigenvalue weighted by atomic mass is 35.5. The molecule has 0 heterocycles. The normalized spacial score (nSPS) is 12.0. The zero-order valence-corrected chi connectivity index (χ0v) is 12.0. The number of methoxy groups -OCH3 is 1. The van der Waals surface area contributed by atoms with Crippen LogP contribution in [0.25, 0.3) is 0 Å². The van der Waals surface area contributed by atoms with Crippen molar-refractivity contribution in [2.45, 2.75) is 12.2 Å². The van der Waals surface area contributed by atoms with Crippen LogP contribution in [-0.2, 0) is 4.79 Å². The van der Waals surface area contributed by atoms with Crippen molar-refractivity contribution in [1.82, 2.24) is 0 Å². The van der Waals surface area contributed by atoms with Crippen molar-refractivity contribution in [3.05, 3.63) is 23.2 Å². The quantitative estimate of drug-likeness (QED) is 0.843. The van der Waals surface area contributed by atoms with Gasteiger partial charge < -0.3 is 15.8 Å². The Morgan fingerprint density at radius 1 is 1.61 bits per heavy atom. The van der Waals surface area contributed by atoms with Crippen LogP contribution in [0.2, 0.25) is 5.02 Å². The number of hydrogen-bond acceptors (Lipinski definition) is 4. The molecule has 0 aromatic heterocycles. The second-order valence-corrected chi connectivity index (χ2v) is 5.61. The molecule has 0 saturated heterocycles. The Morgan fingerprint density at radius 3 is 2.94 bits per heavy atom. The topological polar surface area (TPSA) is 64.3 Å². The summed E-state index contributed by atoms with van der Waals surface area (Å²) in [5.41, 5.74) is 6.07. The molecule has 1 rings (SSSR count). The van der Waals surface area contributed by atoms with Crippen LogP contribution in [0, 0.1) is 0 Å². The Kier molecular flexibility index (Phi) is 6.32. The molecule has 0 aliphatic carbocycles. The van der Waals surface area contributed by atoms with Gasteiger partial charge in [0.05, 0.1) is 18.6 Å². The fourth-order valence-corrected chi connectivity index (χ4v) is 2.07. The average molecular weight is 289 g/mol. The highest BCUT2D eigenvalue weighted by Crippen LogP contribution is 2.27. The van der Waals surface area contributed by atoms with Crippen molar-refractivity contribution in [3.63, 3.8) is 0 Å². The predicted octanol–water partition coefficient (Wildman–Crippen LogP) is 2.37. The fraction of sp³-hybridized carbons (Fsp3) is 0.417. The molecule has 0 radical (unpaired) electrons. The molecule has 0 bridgehead atoms. The summed E-state index contributed by atoms with van der Waals surface area (Å²) >= 11 is 7.39. The predicted molar refractivity (Wildman–Crippen MR) is 77.6 cm³/mol. The maximum atomic E-state index is 11.7. The lowest BCUT2D eigenvalue weighted by atomic mass is 10.3. The van der Waals surface area contributed by atoms with Crippen molar-refractivity contribution in [1.29, 1.82) is 0 Å². The lowest BCUT2D eigenvalue weighted by Crippen LogP contribution is -2.19. The number of nitrogens with two attached hydrogens (primary N) is 1. The van der Waals surface area contributed by atoms with Gasteiger partial charge >= 0.3 is 0 Å². The molecule has 100 valence electrons. The monoisotopic (exact) mass is 288 g/mol. The average Bonchev–Trinajstić information content (AvgIpc) is 2.36. The van der Waals surface area contributed by atoms with Crippen molar-refractivity contribution in [2.75, 3.05) is 24.7 Å². The Hall–Kier alpha value is -0.910. The van der Waals surface area contributed by atoms with Gasteiger partial charge in [-0.2, -0.15) is 0 Å². The molecule has 0 aliphatic heterocycles. The molecular formula is C12H17ClN2O2S. The van der Waals surface area contributed by atoms with Gasteiger partial charge in [-0.15, -0.1) is 11.8 Å². The summed E-state index contributed by atoms with van der Waals surface area (Å²) in [6.45, 7) is 2.54. The number of carbonyl (C=O) groups is 1. The zero-order chi connectivity index (χ0) is 13.5. The third-order valence-electron chi connectivity index (χ3n) is 2.27. The molecule has 6 heteroatoms. The molecular weight excluding hydrogens is 272 g/mol. The highest BCUT2D eigenvalue weighted by Gasteiger charge is 2.09. The fourth-order valence-electron chi connectivity index (χ4n) is 1.25. The number of nitrogens with one attached hydrogen (secondary N) is 1. The van der Waals surface area contributed by atoms with E-state index >= 15 is 0 Å². The van der Waals surface area contributed by atoms with E-state index in [1.165, 1.54) is 11.8 Å². The van der Waals surface area contributed by atoms with Crippen molar-refractivity contribution >= 4 is 35.0 Å². The minimum atomic E-state index is -0.0964. The van der Waals surface area contributed by atoms with E-state index in [-0.39, 0.29) is 11.2 Å². The Morgan fingerprint density at radius 2 is 2.33 bits per heavy atom. The maximum Gasteiger partial charge on any atom is 0.234 e. The van der Waals surface area contributed by atoms with Gasteiger partial charge in [-0.3, -0.25) is 4.79 Å². The summed E-state index contributed by atoms with van der Waals surface area (Å²) in [6, 6.07) is 5.09. The second kappa shape index (κ2) is 7.51. The van der Waals surface area contributed by atoms with Crippen molar-refractivity contribution in [2.24, 2.45) is 5.73 Å². The van der Waals surface area contributed by atoms with Gasteiger partial charge in [-0.05, 0) is 18.2 Å².